The lowest BCUT2D eigenvalue weighted by Crippen LogP contribution is -2.63. The van der Waals surface area contributed by atoms with E-state index in [2.05, 4.69) is 32.3 Å². The molecule has 0 saturated carbocycles. The van der Waals surface area contributed by atoms with Gasteiger partial charge < -0.3 is 10.6 Å². The quantitative estimate of drug-likeness (QED) is 0.609. The number of carbonyl (C=O) groups excluding carboxylic acids is 1. The van der Waals surface area contributed by atoms with Gasteiger partial charge in [-0.3, -0.25) is 4.79 Å². The number of nitrogens with two attached hydrogens (primary N) is 1. The SMILES string of the molecule is CN1C(=O)[C@@]2(N=C(N)NC(=[N+]3CCc4ccccc43)N2)c2ccccc21. The van der Waals surface area contributed by atoms with E-state index in [4.69, 9.17) is 5.73 Å². The van der Waals surface area contributed by atoms with Gasteiger partial charge in [-0.25, -0.2) is 15.2 Å². The van der Waals surface area contributed by atoms with E-state index < -0.39 is 5.66 Å². The molecule has 0 saturated heterocycles. The predicted octanol–water partition coefficient (Wildman–Crippen LogP) is 0.580. The fourth-order valence-electron chi connectivity index (χ4n) is 4.03. The average Bonchev–Trinajstić information content (AvgIpc) is 3.17. The van der Waals surface area contributed by atoms with E-state index in [-0.39, 0.29) is 11.9 Å². The van der Waals surface area contributed by atoms with Crippen LogP contribution in [0.1, 0.15) is 11.1 Å². The summed E-state index contributed by atoms with van der Waals surface area (Å²) in [6.45, 7) is 0.809. The molecule has 3 aliphatic rings. The van der Waals surface area contributed by atoms with Crippen LogP contribution in [0.4, 0.5) is 11.4 Å². The van der Waals surface area contributed by atoms with Gasteiger partial charge in [0.25, 0.3) is 17.5 Å². The smallest absolute Gasteiger partial charge is 0.357 e. The summed E-state index contributed by atoms with van der Waals surface area (Å²) >= 11 is 0. The molecule has 1 amide bonds. The number of nitrogens with one attached hydrogen (secondary N) is 2. The van der Waals surface area contributed by atoms with Crippen molar-refractivity contribution in [3.05, 3.63) is 59.7 Å². The summed E-state index contributed by atoms with van der Waals surface area (Å²) in [4.78, 5) is 19.3. The van der Waals surface area contributed by atoms with Crippen LogP contribution in [0.5, 0.6) is 0 Å². The fraction of sp³-hybridized carbons (Fsp3) is 0.211. The van der Waals surface area contributed by atoms with Crippen molar-refractivity contribution in [1.82, 2.24) is 10.6 Å². The van der Waals surface area contributed by atoms with Crippen molar-refractivity contribution in [3.8, 4) is 0 Å². The van der Waals surface area contributed by atoms with Gasteiger partial charge >= 0.3 is 5.96 Å². The van der Waals surface area contributed by atoms with E-state index in [0.717, 1.165) is 29.9 Å². The molecule has 0 aliphatic carbocycles. The summed E-state index contributed by atoms with van der Waals surface area (Å²) < 4.78 is 2.12. The fourth-order valence-corrected chi connectivity index (χ4v) is 4.03. The van der Waals surface area contributed by atoms with Crippen molar-refractivity contribution in [1.29, 1.82) is 0 Å². The number of benzene rings is 2. The van der Waals surface area contributed by atoms with Gasteiger partial charge in [-0.15, -0.1) is 0 Å². The summed E-state index contributed by atoms with van der Waals surface area (Å²) in [7, 11) is 1.76. The van der Waals surface area contributed by atoms with Crippen LogP contribution in [0.2, 0.25) is 0 Å². The van der Waals surface area contributed by atoms with Gasteiger partial charge in [-0.1, -0.05) is 36.4 Å². The number of guanidine groups is 2. The third-order valence-electron chi connectivity index (χ3n) is 5.26. The molecule has 7 heteroatoms. The molecule has 0 unspecified atom stereocenters. The molecule has 1 spiro atoms. The summed E-state index contributed by atoms with van der Waals surface area (Å²) in [6, 6.07) is 15.9. The van der Waals surface area contributed by atoms with Gasteiger partial charge in [0.15, 0.2) is 0 Å². The molecule has 5 rings (SSSR count). The van der Waals surface area contributed by atoms with Gasteiger partial charge in [0.2, 0.25) is 0 Å². The molecule has 0 radical (unpaired) electrons. The van der Waals surface area contributed by atoms with Crippen molar-refractivity contribution in [3.63, 3.8) is 0 Å². The average molecular weight is 347 g/mol. The van der Waals surface area contributed by atoms with Crippen LogP contribution in [-0.2, 0) is 16.9 Å². The Balaban J connectivity index is 1.69. The van der Waals surface area contributed by atoms with Crippen molar-refractivity contribution < 1.29 is 9.37 Å². The lowest BCUT2D eigenvalue weighted by Gasteiger charge is -2.27. The minimum absolute atomic E-state index is 0.145. The highest BCUT2D eigenvalue weighted by molar-refractivity contribution is 6.12. The summed E-state index contributed by atoms with van der Waals surface area (Å²) in [5, 5.41) is 6.46. The topological polar surface area (TPSA) is 85.8 Å². The van der Waals surface area contributed by atoms with Gasteiger partial charge in [0.05, 0.1) is 12.2 Å². The number of nitrogens with zero attached hydrogens (tertiary/aromatic N) is 3. The standard InChI is InChI=1S/C19H18N6O/c1-24-15-9-5-3-7-13(15)19(16(24)26)22-17(20)21-18(23-19)25-11-10-12-6-2-4-8-14(12)25/h2-9H,10-11H2,1H3,(H3,20,21,22,23)/p+1/t19-/m1/s1. The number of amides is 1. The zero-order chi connectivity index (χ0) is 17.9. The Morgan fingerprint density at radius 3 is 2.85 bits per heavy atom. The number of hydrogen-bond acceptors (Lipinski definition) is 3. The van der Waals surface area contributed by atoms with Crippen LogP contribution in [0, 0.1) is 0 Å². The number of carbonyl (C=O) groups is 1. The second-order valence-electron chi connectivity index (χ2n) is 6.72. The molecule has 0 fully saturated rings. The van der Waals surface area contributed by atoms with Gasteiger partial charge in [-0.05, 0) is 17.7 Å². The Kier molecular flexibility index (Phi) is 2.92. The second kappa shape index (κ2) is 5.08. The molecule has 0 aromatic heterocycles. The molecule has 0 bridgehead atoms. The first-order valence-corrected chi connectivity index (χ1v) is 8.61. The number of aliphatic imine (C=N–C) groups is 1. The third-order valence-corrected chi connectivity index (χ3v) is 5.26. The first-order chi connectivity index (χ1) is 12.6. The summed E-state index contributed by atoms with van der Waals surface area (Å²) in [5.74, 6) is 0.760. The normalized spacial score (nSPS) is 26.3. The van der Waals surface area contributed by atoms with Crippen LogP contribution in [0.15, 0.2) is 53.5 Å². The van der Waals surface area contributed by atoms with Gasteiger partial charge in [-0.2, -0.15) is 4.99 Å². The number of anilines is 1. The molecule has 130 valence electrons. The van der Waals surface area contributed by atoms with E-state index >= 15 is 0 Å². The molecular formula is C19H19N6O+. The van der Waals surface area contributed by atoms with E-state index in [9.17, 15) is 4.79 Å². The Bertz CT molecular complexity index is 1010. The molecule has 1 atom stereocenters. The van der Waals surface area contributed by atoms with Crippen molar-refractivity contribution in [2.24, 2.45) is 10.7 Å². The zero-order valence-corrected chi connectivity index (χ0v) is 14.4. The highest BCUT2D eigenvalue weighted by atomic mass is 16.2. The maximum atomic E-state index is 13.1. The van der Waals surface area contributed by atoms with Crippen molar-refractivity contribution >= 4 is 29.2 Å². The molecule has 3 aliphatic heterocycles. The van der Waals surface area contributed by atoms with Crippen LogP contribution in [-0.4, -0.2) is 36.0 Å². The van der Waals surface area contributed by atoms with E-state index in [1.807, 2.05) is 36.4 Å². The zero-order valence-electron chi connectivity index (χ0n) is 14.4. The van der Waals surface area contributed by atoms with Gasteiger partial charge in [0, 0.05) is 19.0 Å². The van der Waals surface area contributed by atoms with Crippen LogP contribution in [0.3, 0.4) is 0 Å². The minimum Gasteiger partial charge on any atom is -0.357 e. The highest BCUT2D eigenvalue weighted by Crippen LogP contribution is 2.41. The van der Waals surface area contributed by atoms with Crippen LogP contribution < -0.4 is 21.3 Å². The Morgan fingerprint density at radius 2 is 1.96 bits per heavy atom. The Morgan fingerprint density at radius 1 is 1.19 bits per heavy atom. The monoisotopic (exact) mass is 347 g/mol. The first kappa shape index (κ1) is 14.9. The molecule has 7 nitrogen and oxygen atoms in total. The lowest BCUT2D eigenvalue weighted by atomic mass is 10.0. The maximum Gasteiger partial charge on any atom is 0.360 e. The number of fused-ring (bicyclic) bond motifs is 3. The van der Waals surface area contributed by atoms with Crippen LogP contribution in [0.25, 0.3) is 0 Å². The largest absolute Gasteiger partial charge is 0.360 e. The maximum absolute atomic E-state index is 13.1. The van der Waals surface area contributed by atoms with Crippen LogP contribution >= 0.6 is 0 Å². The predicted molar refractivity (Wildman–Crippen MR) is 99.4 cm³/mol. The molecule has 4 N–H and O–H groups in total. The molecule has 26 heavy (non-hydrogen) atoms. The molecule has 2 aromatic carbocycles. The summed E-state index contributed by atoms with van der Waals surface area (Å²) in [5.41, 5.74) is 8.91. The van der Waals surface area contributed by atoms with E-state index in [1.165, 1.54) is 5.56 Å². The molecule has 3 heterocycles. The molecule has 2 aromatic rings. The Labute approximate surface area is 150 Å². The Hall–Kier alpha value is -3.35. The number of para-hydroxylation sites is 2. The highest BCUT2D eigenvalue weighted by Gasteiger charge is 2.56. The van der Waals surface area contributed by atoms with E-state index in [1.54, 1.807) is 11.9 Å². The summed E-state index contributed by atoms with van der Waals surface area (Å²) in [6.07, 6.45) is 0.942. The third kappa shape index (κ3) is 1.85. The first-order valence-electron chi connectivity index (χ1n) is 8.61. The minimum atomic E-state index is -1.23. The number of rotatable bonds is 0. The second-order valence-corrected chi connectivity index (χ2v) is 6.72. The lowest BCUT2D eigenvalue weighted by molar-refractivity contribution is -0.434. The van der Waals surface area contributed by atoms with Crippen molar-refractivity contribution in [2.45, 2.75) is 12.1 Å². The molecular weight excluding hydrogens is 328 g/mol. The van der Waals surface area contributed by atoms with Gasteiger partial charge in [0.1, 0.15) is 5.69 Å². The number of likely N-dealkylation sites (N-methyl/N-ethyl adjacent to an activating group) is 1. The van der Waals surface area contributed by atoms with E-state index in [0.29, 0.717) is 5.96 Å². The van der Waals surface area contributed by atoms with Crippen molar-refractivity contribution in [2.75, 3.05) is 18.5 Å². The number of hydrogen-bond donors (Lipinski definition) is 3.